The van der Waals surface area contributed by atoms with Gasteiger partial charge in [-0.2, -0.15) is 5.26 Å². The van der Waals surface area contributed by atoms with Gasteiger partial charge in [0.25, 0.3) is 5.91 Å². The van der Waals surface area contributed by atoms with Crippen molar-refractivity contribution in [2.45, 2.75) is 40.0 Å². The fourth-order valence-corrected chi connectivity index (χ4v) is 5.40. The lowest BCUT2D eigenvalue weighted by Crippen LogP contribution is -2.26. The minimum absolute atomic E-state index is 0.153. The molecule has 2 aromatic carbocycles. The molecule has 0 bridgehead atoms. The molecule has 3 nitrogen and oxygen atoms in total. The van der Waals surface area contributed by atoms with Crippen molar-refractivity contribution < 1.29 is 4.79 Å². The summed E-state index contributed by atoms with van der Waals surface area (Å²) < 4.78 is 0. The van der Waals surface area contributed by atoms with Crippen LogP contribution in [-0.4, -0.2) is 5.91 Å². The van der Waals surface area contributed by atoms with E-state index in [2.05, 4.69) is 32.2 Å². The van der Waals surface area contributed by atoms with Gasteiger partial charge in [-0.1, -0.05) is 57.2 Å². The van der Waals surface area contributed by atoms with Gasteiger partial charge in [0, 0.05) is 10.4 Å². The summed E-state index contributed by atoms with van der Waals surface area (Å²) in [4.78, 5) is 14.3. The van der Waals surface area contributed by atoms with E-state index in [0.29, 0.717) is 22.0 Å². The van der Waals surface area contributed by atoms with Crippen molar-refractivity contribution in [1.29, 1.82) is 5.26 Å². The monoisotopic (exact) mass is 388 g/mol. The minimum Gasteiger partial charge on any atom is -0.312 e. The molecule has 4 rings (SSSR count). The second-order valence-electron chi connectivity index (χ2n) is 8.61. The average molecular weight is 389 g/mol. The van der Waals surface area contributed by atoms with Crippen LogP contribution in [0.15, 0.2) is 42.5 Å². The Hall–Kier alpha value is -2.64. The van der Waals surface area contributed by atoms with Crippen molar-refractivity contribution in [3.63, 3.8) is 0 Å². The van der Waals surface area contributed by atoms with E-state index in [4.69, 9.17) is 0 Å². The van der Waals surface area contributed by atoms with E-state index in [9.17, 15) is 10.1 Å². The maximum atomic E-state index is 13.0. The van der Waals surface area contributed by atoms with Crippen LogP contribution in [0, 0.1) is 22.7 Å². The summed E-state index contributed by atoms with van der Waals surface area (Å²) in [6.45, 7) is 6.85. The fourth-order valence-electron chi connectivity index (χ4n) is 4.13. The fraction of sp³-hybridized carbons (Fsp3) is 0.333. The zero-order valence-electron chi connectivity index (χ0n) is 16.5. The highest BCUT2D eigenvalue weighted by Crippen LogP contribution is 2.44. The Morgan fingerprint density at radius 3 is 2.68 bits per heavy atom. The normalized spacial score (nSPS) is 16.4. The van der Waals surface area contributed by atoms with Crippen LogP contribution >= 0.6 is 11.3 Å². The number of hydrogen-bond donors (Lipinski definition) is 1. The molecule has 1 aliphatic carbocycles. The Balaban J connectivity index is 1.67. The lowest BCUT2D eigenvalue weighted by atomic mass is 9.72. The van der Waals surface area contributed by atoms with Crippen LogP contribution < -0.4 is 5.32 Å². The second-order valence-corrected chi connectivity index (χ2v) is 9.71. The molecule has 1 aromatic heterocycles. The zero-order valence-corrected chi connectivity index (χ0v) is 17.3. The van der Waals surface area contributed by atoms with E-state index in [1.807, 2.05) is 42.5 Å². The van der Waals surface area contributed by atoms with Gasteiger partial charge in [-0.05, 0) is 53.0 Å². The van der Waals surface area contributed by atoms with Crippen molar-refractivity contribution in [2.24, 2.45) is 11.3 Å². The number of carbonyl (C=O) groups is 1. The molecular formula is C24H24N2OS. The molecule has 1 atom stereocenters. The van der Waals surface area contributed by atoms with Gasteiger partial charge in [-0.3, -0.25) is 4.79 Å². The van der Waals surface area contributed by atoms with Crippen LogP contribution in [0.25, 0.3) is 10.8 Å². The molecule has 1 heterocycles. The average Bonchev–Trinajstić information content (AvgIpc) is 3.02. The Bertz CT molecular complexity index is 1090. The highest BCUT2D eigenvalue weighted by atomic mass is 32.1. The molecule has 1 amide bonds. The first-order valence-corrected chi connectivity index (χ1v) is 10.5. The second kappa shape index (κ2) is 7.07. The Morgan fingerprint density at radius 1 is 1.18 bits per heavy atom. The highest BCUT2D eigenvalue weighted by molar-refractivity contribution is 7.16. The summed E-state index contributed by atoms with van der Waals surface area (Å²) in [5.74, 6) is 0.450. The van der Waals surface area contributed by atoms with Gasteiger partial charge >= 0.3 is 0 Å². The molecule has 28 heavy (non-hydrogen) atoms. The van der Waals surface area contributed by atoms with Crippen molar-refractivity contribution in [3.8, 4) is 6.07 Å². The number of amides is 1. The Morgan fingerprint density at radius 2 is 1.93 bits per heavy atom. The molecule has 1 aliphatic rings. The summed E-state index contributed by atoms with van der Waals surface area (Å²) in [6, 6.07) is 16.0. The van der Waals surface area contributed by atoms with Gasteiger partial charge < -0.3 is 5.32 Å². The van der Waals surface area contributed by atoms with E-state index in [1.165, 1.54) is 4.88 Å². The highest BCUT2D eigenvalue weighted by Gasteiger charge is 2.32. The standard InChI is InChI=1S/C24H24N2OS/c1-24(2,3)16-11-12-18-20(14-25)23(28-21(18)13-16)26-22(27)19-10-6-8-15-7-4-5-9-17(15)19/h4-10,16H,11-13H2,1-3H3,(H,26,27). The Labute approximate surface area is 170 Å². The van der Waals surface area contributed by atoms with Gasteiger partial charge in [0.1, 0.15) is 11.1 Å². The molecule has 0 aliphatic heterocycles. The number of carbonyl (C=O) groups excluding carboxylic acids is 1. The summed E-state index contributed by atoms with van der Waals surface area (Å²) in [5, 5.41) is 15.4. The summed E-state index contributed by atoms with van der Waals surface area (Å²) >= 11 is 1.58. The number of nitrogens with zero attached hydrogens (tertiary/aromatic N) is 1. The summed E-state index contributed by atoms with van der Waals surface area (Å²) in [6.07, 6.45) is 3.00. The molecule has 1 unspecified atom stereocenters. The number of hydrogen-bond acceptors (Lipinski definition) is 3. The molecule has 0 fully saturated rings. The number of thiophene rings is 1. The van der Waals surface area contributed by atoms with Crippen molar-refractivity contribution >= 4 is 33.0 Å². The van der Waals surface area contributed by atoms with E-state index in [0.717, 1.165) is 35.6 Å². The minimum atomic E-state index is -0.153. The third-order valence-electron chi connectivity index (χ3n) is 5.86. The van der Waals surface area contributed by atoms with E-state index >= 15 is 0 Å². The van der Waals surface area contributed by atoms with Crippen LogP contribution in [0.5, 0.6) is 0 Å². The van der Waals surface area contributed by atoms with Gasteiger partial charge in [0.2, 0.25) is 0 Å². The smallest absolute Gasteiger partial charge is 0.256 e. The number of anilines is 1. The van der Waals surface area contributed by atoms with E-state index in [1.54, 1.807) is 11.3 Å². The quantitative estimate of drug-likeness (QED) is 0.570. The lowest BCUT2D eigenvalue weighted by Gasteiger charge is -2.33. The maximum Gasteiger partial charge on any atom is 0.256 e. The first kappa shape index (κ1) is 18.7. The first-order chi connectivity index (χ1) is 13.4. The zero-order chi connectivity index (χ0) is 19.9. The van der Waals surface area contributed by atoms with Crippen molar-refractivity contribution in [1.82, 2.24) is 0 Å². The van der Waals surface area contributed by atoms with Crippen LogP contribution in [-0.2, 0) is 12.8 Å². The lowest BCUT2D eigenvalue weighted by molar-refractivity contribution is 0.102. The SMILES string of the molecule is CC(C)(C)C1CCc2c(sc(NC(=O)c3cccc4ccccc34)c2C#N)C1. The number of fused-ring (bicyclic) bond motifs is 2. The number of nitriles is 1. The maximum absolute atomic E-state index is 13.0. The molecule has 0 saturated carbocycles. The first-order valence-electron chi connectivity index (χ1n) is 9.72. The molecule has 1 N–H and O–H groups in total. The molecule has 3 aromatic rings. The van der Waals surface area contributed by atoms with Crippen molar-refractivity contribution in [3.05, 3.63) is 64.0 Å². The van der Waals surface area contributed by atoms with Gasteiger partial charge in [0.05, 0.1) is 5.56 Å². The van der Waals surface area contributed by atoms with Crippen LogP contribution in [0.1, 0.15) is 53.6 Å². The Kier molecular flexibility index (Phi) is 4.72. The van der Waals surface area contributed by atoms with Crippen LogP contribution in [0.2, 0.25) is 0 Å². The van der Waals surface area contributed by atoms with Crippen LogP contribution in [0.4, 0.5) is 5.00 Å². The topological polar surface area (TPSA) is 52.9 Å². The van der Waals surface area contributed by atoms with Crippen LogP contribution in [0.3, 0.4) is 0 Å². The molecule has 0 saturated heterocycles. The predicted octanol–water partition coefficient (Wildman–Crippen LogP) is 6.18. The van der Waals surface area contributed by atoms with Gasteiger partial charge in [-0.25, -0.2) is 0 Å². The molecule has 0 spiro atoms. The summed E-state index contributed by atoms with van der Waals surface area (Å²) in [5.41, 5.74) is 2.68. The molecule has 0 radical (unpaired) electrons. The third-order valence-corrected chi connectivity index (χ3v) is 7.03. The number of benzene rings is 2. The third kappa shape index (κ3) is 3.31. The van der Waals surface area contributed by atoms with E-state index < -0.39 is 0 Å². The summed E-state index contributed by atoms with van der Waals surface area (Å²) in [7, 11) is 0. The number of rotatable bonds is 2. The molecule has 142 valence electrons. The molecular weight excluding hydrogens is 364 g/mol. The predicted molar refractivity (Wildman–Crippen MR) is 116 cm³/mol. The number of nitrogens with one attached hydrogen (secondary N) is 1. The van der Waals surface area contributed by atoms with Gasteiger partial charge in [-0.15, -0.1) is 11.3 Å². The largest absolute Gasteiger partial charge is 0.312 e. The molecule has 4 heteroatoms. The van der Waals surface area contributed by atoms with Gasteiger partial charge in [0.15, 0.2) is 0 Å². The van der Waals surface area contributed by atoms with Crippen molar-refractivity contribution in [2.75, 3.05) is 5.32 Å². The van der Waals surface area contributed by atoms with E-state index in [-0.39, 0.29) is 11.3 Å².